The molecular weight excluding hydrogens is 484 g/mol. The topological polar surface area (TPSA) is 89.5 Å². The zero-order valence-corrected chi connectivity index (χ0v) is 21.9. The first-order chi connectivity index (χ1) is 17.8. The highest BCUT2D eigenvalue weighted by molar-refractivity contribution is 7.15. The molecule has 0 radical (unpaired) electrons. The molecule has 0 saturated carbocycles. The molecule has 0 bridgehead atoms. The van der Waals surface area contributed by atoms with Gasteiger partial charge in [0.2, 0.25) is 0 Å². The molecule has 0 spiro atoms. The van der Waals surface area contributed by atoms with Gasteiger partial charge in [0, 0.05) is 45.9 Å². The number of rotatable bonds is 6. The summed E-state index contributed by atoms with van der Waals surface area (Å²) >= 11 is 1.71. The SMILES string of the molecule is Cc1ccc(NC(=O)c2c(-n3c(C)cc(C=Nc4ccc([N+](=O)[O-])cc4)c3C)sc3c2CCCC3)cc1. The van der Waals surface area contributed by atoms with Crippen LogP contribution in [-0.4, -0.2) is 21.6 Å². The number of amides is 1. The van der Waals surface area contributed by atoms with E-state index in [2.05, 4.69) is 20.9 Å². The zero-order chi connectivity index (χ0) is 26.1. The number of carbonyl (C=O) groups excluding carboxylic acids is 1. The molecule has 1 aliphatic carbocycles. The highest BCUT2D eigenvalue weighted by atomic mass is 32.1. The number of anilines is 1. The highest BCUT2D eigenvalue weighted by Crippen LogP contribution is 2.39. The Hall–Kier alpha value is -4.04. The molecule has 37 heavy (non-hydrogen) atoms. The van der Waals surface area contributed by atoms with Gasteiger partial charge >= 0.3 is 0 Å². The average Bonchev–Trinajstić information content (AvgIpc) is 3.40. The molecule has 0 unspecified atom stereocenters. The van der Waals surface area contributed by atoms with Gasteiger partial charge < -0.3 is 9.88 Å². The second kappa shape index (κ2) is 10.1. The van der Waals surface area contributed by atoms with Crippen molar-refractivity contribution in [3.63, 3.8) is 0 Å². The summed E-state index contributed by atoms with van der Waals surface area (Å²) in [5.41, 5.74) is 7.49. The van der Waals surface area contributed by atoms with Gasteiger partial charge in [0.15, 0.2) is 0 Å². The summed E-state index contributed by atoms with van der Waals surface area (Å²) in [5, 5.41) is 15.0. The van der Waals surface area contributed by atoms with E-state index in [1.165, 1.54) is 22.6 Å². The molecule has 8 heteroatoms. The molecule has 7 nitrogen and oxygen atoms in total. The molecular formula is C29H28N4O3S. The number of aromatic nitrogens is 1. The number of thiophene rings is 1. The van der Waals surface area contributed by atoms with E-state index in [9.17, 15) is 14.9 Å². The predicted octanol–water partition coefficient (Wildman–Crippen LogP) is 7.25. The van der Waals surface area contributed by atoms with Crippen LogP contribution < -0.4 is 5.32 Å². The molecule has 4 aromatic rings. The molecule has 5 rings (SSSR count). The fourth-order valence-electron chi connectivity index (χ4n) is 4.81. The Kier molecular flexibility index (Phi) is 6.76. The number of aryl methyl sites for hydroxylation is 3. The van der Waals surface area contributed by atoms with Gasteiger partial charge in [0.25, 0.3) is 11.6 Å². The lowest BCUT2D eigenvalue weighted by Crippen LogP contribution is -2.17. The molecule has 0 saturated heterocycles. The molecule has 2 aromatic carbocycles. The first kappa shape index (κ1) is 24.6. The van der Waals surface area contributed by atoms with E-state index >= 15 is 0 Å². The minimum Gasteiger partial charge on any atom is -0.322 e. The summed E-state index contributed by atoms with van der Waals surface area (Å²) < 4.78 is 2.16. The lowest BCUT2D eigenvalue weighted by Gasteiger charge is -2.14. The van der Waals surface area contributed by atoms with Crippen molar-refractivity contribution in [2.45, 2.75) is 46.5 Å². The number of nitro groups is 1. The number of nitrogens with one attached hydrogen (secondary N) is 1. The molecule has 0 aliphatic heterocycles. The second-order valence-corrected chi connectivity index (χ2v) is 10.5. The first-order valence-corrected chi connectivity index (χ1v) is 13.1. The Balaban J connectivity index is 1.51. The van der Waals surface area contributed by atoms with Crippen molar-refractivity contribution >= 4 is 40.5 Å². The maximum atomic E-state index is 13.6. The Morgan fingerprint density at radius 3 is 2.46 bits per heavy atom. The molecule has 2 heterocycles. The van der Waals surface area contributed by atoms with E-state index < -0.39 is 4.92 Å². The van der Waals surface area contributed by atoms with Crippen LogP contribution in [0.4, 0.5) is 17.1 Å². The molecule has 188 valence electrons. The molecule has 0 fully saturated rings. The number of aliphatic imine (C=N–C) groups is 1. The normalized spacial score (nSPS) is 13.1. The van der Waals surface area contributed by atoms with Gasteiger partial charge in [-0.25, -0.2) is 0 Å². The van der Waals surface area contributed by atoms with E-state index in [1.807, 2.05) is 45.0 Å². The first-order valence-electron chi connectivity index (χ1n) is 12.3. The van der Waals surface area contributed by atoms with Crippen molar-refractivity contribution in [2.24, 2.45) is 4.99 Å². The van der Waals surface area contributed by atoms with Crippen molar-refractivity contribution in [1.82, 2.24) is 4.57 Å². The fourth-order valence-corrected chi connectivity index (χ4v) is 6.31. The summed E-state index contributed by atoms with van der Waals surface area (Å²) in [5.74, 6) is -0.0770. The Morgan fingerprint density at radius 2 is 1.76 bits per heavy atom. The van der Waals surface area contributed by atoms with Crippen LogP contribution in [0.25, 0.3) is 5.00 Å². The molecule has 1 N–H and O–H groups in total. The van der Waals surface area contributed by atoms with E-state index in [0.29, 0.717) is 5.69 Å². The third-order valence-electron chi connectivity index (χ3n) is 6.78. The van der Waals surface area contributed by atoms with Crippen LogP contribution in [0.1, 0.15) is 56.2 Å². The van der Waals surface area contributed by atoms with Crippen LogP contribution in [0.3, 0.4) is 0 Å². The van der Waals surface area contributed by atoms with Crippen LogP contribution in [0, 0.1) is 30.9 Å². The zero-order valence-electron chi connectivity index (χ0n) is 21.1. The summed E-state index contributed by atoms with van der Waals surface area (Å²) in [6, 6.07) is 16.1. The van der Waals surface area contributed by atoms with Gasteiger partial charge in [0.05, 0.1) is 16.2 Å². The van der Waals surface area contributed by atoms with Gasteiger partial charge in [-0.05, 0) is 82.3 Å². The standard InChI is InChI=1S/C29H28N4O3S/c1-18-8-10-23(11-9-18)31-28(34)27-25-6-4-5-7-26(25)37-29(27)32-19(2)16-21(20(32)3)17-30-22-12-14-24(15-13-22)33(35)36/h8-17H,4-7H2,1-3H3,(H,31,34). The molecule has 1 aliphatic rings. The van der Waals surface area contributed by atoms with Gasteiger partial charge in [-0.15, -0.1) is 11.3 Å². The number of carbonyl (C=O) groups is 1. The monoisotopic (exact) mass is 512 g/mol. The third kappa shape index (κ3) is 4.97. The number of non-ortho nitro benzene ring substituents is 1. The van der Waals surface area contributed by atoms with Gasteiger partial charge in [-0.1, -0.05) is 17.7 Å². The number of nitro benzene ring substituents is 1. The smallest absolute Gasteiger partial charge is 0.269 e. The second-order valence-electron chi connectivity index (χ2n) is 9.40. The number of hydrogen-bond donors (Lipinski definition) is 1. The number of fused-ring (bicyclic) bond motifs is 1. The largest absolute Gasteiger partial charge is 0.322 e. The minimum absolute atomic E-state index is 0.0373. The van der Waals surface area contributed by atoms with Crippen molar-refractivity contribution in [2.75, 3.05) is 5.32 Å². The molecule has 1 amide bonds. The maximum absolute atomic E-state index is 13.6. The van der Waals surface area contributed by atoms with Crippen molar-refractivity contribution in [3.8, 4) is 5.00 Å². The highest BCUT2D eigenvalue weighted by Gasteiger charge is 2.28. The van der Waals surface area contributed by atoms with Gasteiger partial charge in [-0.2, -0.15) is 0 Å². The van der Waals surface area contributed by atoms with Crippen molar-refractivity contribution in [1.29, 1.82) is 0 Å². The molecule has 2 aromatic heterocycles. The Labute approximate surface area is 219 Å². The maximum Gasteiger partial charge on any atom is 0.269 e. The minimum atomic E-state index is -0.422. The molecule has 0 atom stereocenters. The van der Waals surface area contributed by atoms with Crippen LogP contribution in [-0.2, 0) is 12.8 Å². The van der Waals surface area contributed by atoms with Crippen molar-refractivity contribution in [3.05, 3.63) is 103 Å². The number of hydrogen-bond acceptors (Lipinski definition) is 5. The summed E-state index contributed by atoms with van der Waals surface area (Å²) in [7, 11) is 0. The van der Waals surface area contributed by atoms with E-state index in [-0.39, 0.29) is 11.6 Å². The van der Waals surface area contributed by atoms with E-state index in [1.54, 1.807) is 29.7 Å². The average molecular weight is 513 g/mol. The van der Waals surface area contributed by atoms with Crippen LogP contribution in [0.15, 0.2) is 59.6 Å². The summed E-state index contributed by atoms with van der Waals surface area (Å²) in [6.45, 7) is 6.10. The third-order valence-corrected chi connectivity index (χ3v) is 8.05. The lowest BCUT2D eigenvalue weighted by molar-refractivity contribution is -0.384. The van der Waals surface area contributed by atoms with Crippen LogP contribution in [0.2, 0.25) is 0 Å². The number of nitrogens with zero attached hydrogens (tertiary/aromatic N) is 3. The number of benzene rings is 2. The predicted molar refractivity (Wildman–Crippen MR) is 149 cm³/mol. The van der Waals surface area contributed by atoms with Gasteiger partial charge in [-0.3, -0.25) is 19.9 Å². The van der Waals surface area contributed by atoms with E-state index in [4.69, 9.17) is 0 Å². The van der Waals surface area contributed by atoms with Crippen LogP contribution in [0.5, 0.6) is 0 Å². The van der Waals surface area contributed by atoms with Crippen molar-refractivity contribution < 1.29 is 9.72 Å². The lowest BCUT2D eigenvalue weighted by atomic mass is 9.95. The quantitative estimate of drug-likeness (QED) is 0.168. The van der Waals surface area contributed by atoms with Gasteiger partial charge in [0.1, 0.15) is 5.00 Å². The summed E-state index contributed by atoms with van der Waals surface area (Å²) in [6.07, 6.45) is 5.92. The Bertz CT molecular complexity index is 1510. The summed E-state index contributed by atoms with van der Waals surface area (Å²) in [4.78, 5) is 30.0. The van der Waals surface area contributed by atoms with E-state index in [0.717, 1.165) is 64.4 Å². The van der Waals surface area contributed by atoms with Crippen LogP contribution >= 0.6 is 11.3 Å². The Morgan fingerprint density at radius 1 is 1.05 bits per heavy atom. The fraction of sp³-hybridized carbons (Fsp3) is 0.241.